The van der Waals surface area contributed by atoms with Gasteiger partial charge in [-0.05, 0) is 30.5 Å². The van der Waals surface area contributed by atoms with Gasteiger partial charge in [0.05, 0.1) is 13.7 Å². The molecule has 1 aromatic rings. The van der Waals surface area contributed by atoms with Gasteiger partial charge in [-0.2, -0.15) is 0 Å². The number of rotatable bonds is 6. The fraction of sp³-hybridized carbons (Fsp3) is 0.600. The van der Waals surface area contributed by atoms with Crippen molar-refractivity contribution in [2.24, 2.45) is 11.7 Å². The van der Waals surface area contributed by atoms with E-state index in [0.717, 1.165) is 31.7 Å². The molecule has 8 heteroatoms. The van der Waals surface area contributed by atoms with Crippen molar-refractivity contribution >= 4 is 11.8 Å². The second-order valence-corrected chi connectivity index (χ2v) is 7.58. The molecular weight excluding hydrogens is 363 g/mol. The van der Waals surface area contributed by atoms with Gasteiger partial charge in [-0.25, -0.2) is 4.39 Å². The van der Waals surface area contributed by atoms with Gasteiger partial charge in [-0.1, -0.05) is 6.07 Å². The van der Waals surface area contributed by atoms with E-state index in [2.05, 4.69) is 9.80 Å². The van der Waals surface area contributed by atoms with E-state index < -0.39 is 0 Å². The number of halogens is 1. The molecule has 0 unspecified atom stereocenters. The van der Waals surface area contributed by atoms with Gasteiger partial charge in [0, 0.05) is 51.7 Å². The maximum atomic E-state index is 13.8. The summed E-state index contributed by atoms with van der Waals surface area (Å²) >= 11 is 0. The summed E-state index contributed by atoms with van der Waals surface area (Å²) in [4.78, 5) is 30.0. The van der Waals surface area contributed by atoms with Gasteiger partial charge in [-0.15, -0.1) is 0 Å². The first-order chi connectivity index (χ1) is 13.5. The Kier molecular flexibility index (Phi) is 6.85. The average Bonchev–Trinajstić information content (AvgIpc) is 2.69. The van der Waals surface area contributed by atoms with Crippen molar-refractivity contribution in [3.05, 3.63) is 29.6 Å². The number of piperidine rings is 1. The molecule has 2 fully saturated rings. The number of methoxy groups -OCH3 is 1. The molecule has 7 nitrogen and oxygen atoms in total. The number of piperazine rings is 1. The molecule has 28 heavy (non-hydrogen) atoms. The minimum atomic E-state index is -0.343. The zero-order valence-electron chi connectivity index (χ0n) is 16.4. The van der Waals surface area contributed by atoms with Gasteiger partial charge >= 0.3 is 0 Å². The van der Waals surface area contributed by atoms with E-state index in [9.17, 15) is 14.0 Å². The SMILES string of the molecule is COc1ccc(CN2CCN(CC(=O)N3CCC(C(N)=O)CC3)CC2)cc1F. The lowest BCUT2D eigenvalue weighted by atomic mass is 9.96. The average molecular weight is 392 g/mol. The summed E-state index contributed by atoms with van der Waals surface area (Å²) < 4.78 is 18.8. The van der Waals surface area contributed by atoms with Gasteiger partial charge in [0.15, 0.2) is 11.6 Å². The van der Waals surface area contributed by atoms with Crippen LogP contribution in [-0.4, -0.2) is 79.4 Å². The molecule has 2 heterocycles. The van der Waals surface area contributed by atoms with Crippen molar-refractivity contribution < 1.29 is 18.7 Å². The van der Waals surface area contributed by atoms with Crippen molar-refractivity contribution in [1.29, 1.82) is 0 Å². The zero-order chi connectivity index (χ0) is 20.1. The Bertz CT molecular complexity index is 699. The standard InChI is InChI=1S/C20H29FN4O3/c1-28-18-3-2-15(12-17(18)21)13-23-8-10-24(11-9-23)14-19(26)25-6-4-16(5-7-25)20(22)27/h2-3,12,16H,4-11,13-14H2,1H3,(H2,22,27). The Morgan fingerprint density at radius 3 is 2.32 bits per heavy atom. The van der Waals surface area contributed by atoms with E-state index in [4.69, 9.17) is 10.5 Å². The molecule has 0 aliphatic carbocycles. The third-order valence-electron chi connectivity index (χ3n) is 5.70. The topological polar surface area (TPSA) is 79.1 Å². The number of carbonyl (C=O) groups excluding carboxylic acids is 2. The van der Waals surface area contributed by atoms with Gasteiger partial charge < -0.3 is 15.4 Å². The molecule has 2 amide bonds. The fourth-order valence-electron chi connectivity index (χ4n) is 3.88. The Labute approximate surface area is 165 Å². The van der Waals surface area contributed by atoms with Crippen LogP contribution < -0.4 is 10.5 Å². The third-order valence-corrected chi connectivity index (χ3v) is 5.70. The normalized spacial score (nSPS) is 19.6. The first kappa shape index (κ1) is 20.5. The van der Waals surface area contributed by atoms with Crippen LogP contribution in [0.25, 0.3) is 0 Å². The van der Waals surface area contributed by atoms with E-state index in [-0.39, 0.29) is 29.3 Å². The van der Waals surface area contributed by atoms with E-state index in [1.54, 1.807) is 6.07 Å². The van der Waals surface area contributed by atoms with Crippen LogP contribution in [0.5, 0.6) is 5.75 Å². The van der Waals surface area contributed by atoms with Crippen molar-refractivity contribution in [3.63, 3.8) is 0 Å². The Morgan fingerprint density at radius 1 is 1.11 bits per heavy atom. The number of amides is 2. The smallest absolute Gasteiger partial charge is 0.236 e. The molecule has 0 radical (unpaired) electrons. The van der Waals surface area contributed by atoms with Crippen LogP contribution in [-0.2, 0) is 16.1 Å². The quantitative estimate of drug-likeness (QED) is 0.770. The molecule has 3 rings (SSSR count). The molecule has 0 aromatic heterocycles. The molecule has 0 spiro atoms. The van der Waals surface area contributed by atoms with Crippen LogP contribution >= 0.6 is 0 Å². The summed E-state index contributed by atoms with van der Waals surface area (Å²) in [5, 5.41) is 0. The zero-order valence-corrected chi connectivity index (χ0v) is 16.4. The lowest BCUT2D eigenvalue weighted by Gasteiger charge is -2.36. The number of carbonyl (C=O) groups is 2. The number of likely N-dealkylation sites (tertiary alicyclic amines) is 1. The van der Waals surface area contributed by atoms with Gasteiger partial charge in [0.1, 0.15) is 0 Å². The van der Waals surface area contributed by atoms with Gasteiger partial charge in [-0.3, -0.25) is 19.4 Å². The van der Waals surface area contributed by atoms with E-state index in [1.807, 2.05) is 11.0 Å². The summed E-state index contributed by atoms with van der Waals surface area (Å²) in [6.45, 7) is 5.60. The van der Waals surface area contributed by atoms with Crippen LogP contribution in [0, 0.1) is 11.7 Å². The highest BCUT2D eigenvalue weighted by molar-refractivity contribution is 5.80. The minimum Gasteiger partial charge on any atom is -0.494 e. The molecule has 1 aromatic carbocycles. The number of hydrogen-bond acceptors (Lipinski definition) is 5. The molecular formula is C20H29FN4O3. The second kappa shape index (κ2) is 9.34. The summed E-state index contributed by atoms with van der Waals surface area (Å²) in [5.74, 6) is -0.333. The van der Waals surface area contributed by atoms with Crippen LogP contribution in [0.1, 0.15) is 18.4 Å². The first-order valence-electron chi connectivity index (χ1n) is 9.80. The van der Waals surface area contributed by atoms with Crippen LogP contribution in [0.4, 0.5) is 4.39 Å². The first-order valence-corrected chi connectivity index (χ1v) is 9.80. The van der Waals surface area contributed by atoms with Gasteiger partial charge in [0.2, 0.25) is 11.8 Å². The highest BCUT2D eigenvalue weighted by atomic mass is 19.1. The molecule has 0 bridgehead atoms. The van der Waals surface area contributed by atoms with Gasteiger partial charge in [0.25, 0.3) is 0 Å². The summed E-state index contributed by atoms with van der Waals surface area (Å²) in [7, 11) is 1.46. The Hall–Kier alpha value is -2.19. The van der Waals surface area contributed by atoms with Crippen LogP contribution in [0.15, 0.2) is 18.2 Å². The predicted octanol–water partition coefficient (Wildman–Crippen LogP) is 0.676. The fourth-order valence-corrected chi connectivity index (χ4v) is 3.88. The Balaban J connectivity index is 1.41. The van der Waals surface area contributed by atoms with Crippen molar-refractivity contribution in [3.8, 4) is 5.75 Å². The lowest BCUT2D eigenvalue weighted by Crippen LogP contribution is -2.51. The monoisotopic (exact) mass is 392 g/mol. The van der Waals surface area contributed by atoms with Crippen LogP contribution in [0.3, 0.4) is 0 Å². The number of hydrogen-bond donors (Lipinski definition) is 1. The molecule has 2 N–H and O–H groups in total. The maximum absolute atomic E-state index is 13.8. The van der Waals surface area contributed by atoms with E-state index in [1.165, 1.54) is 13.2 Å². The number of nitrogens with zero attached hydrogens (tertiary/aromatic N) is 3. The molecule has 2 saturated heterocycles. The molecule has 0 atom stereocenters. The summed E-state index contributed by atoms with van der Waals surface area (Å²) in [6.07, 6.45) is 1.32. The number of benzene rings is 1. The highest BCUT2D eigenvalue weighted by Gasteiger charge is 2.27. The largest absolute Gasteiger partial charge is 0.494 e. The van der Waals surface area contributed by atoms with Crippen molar-refractivity contribution in [2.45, 2.75) is 19.4 Å². The number of ether oxygens (including phenoxy) is 1. The second-order valence-electron chi connectivity index (χ2n) is 7.58. The summed E-state index contributed by atoms with van der Waals surface area (Å²) in [6, 6.07) is 5.05. The molecule has 154 valence electrons. The van der Waals surface area contributed by atoms with Crippen molar-refractivity contribution in [1.82, 2.24) is 14.7 Å². The Morgan fingerprint density at radius 2 is 1.75 bits per heavy atom. The summed E-state index contributed by atoms with van der Waals surface area (Å²) in [5.41, 5.74) is 6.26. The third kappa shape index (κ3) is 5.20. The van der Waals surface area contributed by atoms with E-state index in [0.29, 0.717) is 39.0 Å². The maximum Gasteiger partial charge on any atom is 0.236 e. The van der Waals surface area contributed by atoms with Crippen LogP contribution in [0.2, 0.25) is 0 Å². The van der Waals surface area contributed by atoms with E-state index >= 15 is 0 Å². The molecule has 2 aliphatic rings. The van der Waals surface area contributed by atoms with Crippen molar-refractivity contribution in [2.75, 3.05) is 52.9 Å². The predicted molar refractivity (Wildman–Crippen MR) is 103 cm³/mol. The lowest BCUT2D eigenvalue weighted by molar-refractivity contribution is -0.136. The highest BCUT2D eigenvalue weighted by Crippen LogP contribution is 2.20. The molecule has 2 aliphatic heterocycles. The minimum absolute atomic E-state index is 0.101. The number of nitrogens with two attached hydrogens (primary N) is 1. The number of primary amides is 1. The molecule has 0 saturated carbocycles.